The molecule has 1 saturated carbocycles. The van der Waals surface area contributed by atoms with Gasteiger partial charge >= 0.3 is 0 Å². The zero-order chi connectivity index (χ0) is 26.5. The van der Waals surface area contributed by atoms with Crippen LogP contribution in [-0.2, 0) is 23.5 Å². The Bertz CT molecular complexity index is 1440. The second-order valence-corrected chi connectivity index (χ2v) is 10.2. The van der Waals surface area contributed by atoms with Crippen LogP contribution in [0.2, 0.25) is 0 Å². The number of ether oxygens (including phenoxy) is 3. The third kappa shape index (κ3) is 6.62. The summed E-state index contributed by atoms with van der Waals surface area (Å²) in [5, 5.41) is 0. The number of methoxy groups -OCH3 is 1. The number of nitrogens with zero attached hydrogens (tertiary/aromatic N) is 4. The number of halogens is 1. The van der Waals surface area contributed by atoms with Crippen LogP contribution in [0.15, 0.2) is 59.9 Å². The summed E-state index contributed by atoms with van der Waals surface area (Å²) in [4.78, 5) is 17.7. The highest BCUT2D eigenvalue weighted by molar-refractivity contribution is 5.85. The number of hydrogen-bond donors (Lipinski definition) is 1. The maximum atomic E-state index is 6.32. The van der Waals surface area contributed by atoms with Crippen molar-refractivity contribution in [3.8, 4) is 11.5 Å². The van der Waals surface area contributed by atoms with Crippen LogP contribution in [0.3, 0.4) is 0 Å². The predicted molar refractivity (Wildman–Crippen MR) is 154 cm³/mol. The Balaban J connectivity index is 0.00000353. The summed E-state index contributed by atoms with van der Waals surface area (Å²) in [6.45, 7) is 7.76. The van der Waals surface area contributed by atoms with Crippen molar-refractivity contribution in [2.45, 2.75) is 71.3 Å². The molecule has 1 fully saturated rings. The molecule has 2 heterocycles. The first kappa shape index (κ1) is 28.6. The van der Waals surface area contributed by atoms with E-state index in [9.17, 15) is 0 Å². The molecule has 4 aromatic rings. The lowest BCUT2D eigenvalue weighted by atomic mass is 10.1. The molecule has 8 nitrogen and oxygen atoms in total. The number of imidazole rings is 1. The summed E-state index contributed by atoms with van der Waals surface area (Å²) in [5.41, 5.74) is 3.79. The van der Waals surface area contributed by atoms with Gasteiger partial charge < -0.3 is 23.8 Å². The van der Waals surface area contributed by atoms with Gasteiger partial charge in [0.05, 0.1) is 32.7 Å². The summed E-state index contributed by atoms with van der Waals surface area (Å²) in [6, 6.07) is 16.3. The zero-order valence-electron chi connectivity index (χ0n) is 23.1. The smallest absolute Gasteiger partial charge is 0.176 e. The van der Waals surface area contributed by atoms with Gasteiger partial charge in [-0.2, -0.15) is 0 Å². The summed E-state index contributed by atoms with van der Waals surface area (Å²) in [6.07, 6.45) is 6.67. The summed E-state index contributed by atoms with van der Waals surface area (Å²) < 4.78 is 20.3. The van der Waals surface area contributed by atoms with Gasteiger partial charge in [0.2, 0.25) is 0 Å². The van der Waals surface area contributed by atoms with Gasteiger partial charge in [-0.1, -0.05) is 36.4 Å². The molecule has 0 unspecified atom stereocenters. The number of fused-ring (bicyclic) bond motifs is 1. The third-order valence-corrected chi connectivity index (χ3v) is 7.00. The van der Waals surface area contributed by atoms with Crippen LogP contribution in [0.1, 0.15) is 63.4 Å². The van der Waals surface area contributed by atoms with E-state index in [1.807, 2.05) is 49.6 Å². The molecule has 1 N–H and O–H groups in total. The van der Waals surface area contributed by atoms with Gasteiger partial charge in [-0.15, -0.1) is 12.4 Å². The molecule has 9 heteroatoms. The van der Waals surface area contributed by atoms with Gasteiger partial charge in [0, 0.05) is 6.54 Å². The highest BCUT2D eigenvalue weighted by atomic mass is 35.5. The van der Waals surface area contributed by atoms with Crippen molar-refractivity contribution in [2.24, 2.45) is 4.99 Å². The average molecular weight is 552 g/mol. The second kappa shape index (κ2) is 12.7. The van der Waals surface area contributed by atoms with E-state index < -0.39 is 5.60 Å². The van der Waals surface area contributed by atoms with Crippen molar-refractivity contribution in [3.63, 3.8) is 0 Å². The standard InChI is InChI=1S/C30H37N5O3.ClH/c1-5-31-27-26-28(34-29(33-26)30(2,3)37-19-21-11-7-6-8-12-21)35(20-32-27)18-22-15-16-24(36-4)25(17-22)38-23-13-9-10-14-23;/h6-8,11-12,15-17,20,23H,5,9-10,13-14,18-19H2,1-4H3,(H,33,34);1H. The van der Waals surface area contributed by atoms with E-state index in [2.05, 4.69) is 39.2 Å². The van der Waals surface area contributed by atoms with E-state index >= 15 is 0 Å². The van der Waals surface area contributed by atoms with Crippen molar-refractivity contribution in [2.75, 3.05) is 13.7 Å². The molecule has 39 heavy (non-hydrogen) atoms. The topological polar surface area (TPSA) is 86.6 Å². The number of hydrogen-bond acceptors (Lipinski definition) is 6. The number of aromatic amines is 1. The number of nitrogens with one attached hydrogen (secondary N) is 1. The molecule has 0 amide bonds. The molecule has 0 bridgehead atoms. The molecule has 2 aromatic heterocycles. The molecular formula is C30H38ClN5O3. The molecule has 0 aliphatic heterocycles. The normalized spacial score (nSPS) is 14.5. The van der Waals surface area contributed by atoms with E-state index in [0.29, 0.717) is 25.2 Å². The summed E-state index contributed by atoms with van der Waals surface area (Å²) >= 11 is 0. The first-order valence-corrected chi connectivity index (χ1v) is 13.4. The van der Waals surface area contributed by atoms with Crippen molar-refractivity contribution < 1.29 is 14.2 Å². The van der Waals surface area contributed by atoms with Gasteiger partial charge in [0.1, 0.15) is 16.9 Å². The molecule has 5 rings (SSSR count). The minimum atomic E-state index is -0.640. The first-order valence-electron chi connectivity index (χ1n) is 13.4. The summed E-state index contributed by atoms with van der Waals surface area (Å²) in [5.74, 6) is 2.28. The Morgan fingerprint density at radius 1 is 1.05 bits per heavy atom. The zero-order valence-corrected chi connectivity index (χ0v) is 24.0. The molecule has 0 atom stereocenters. The highest BCUT2D eigenvalue weighted by Crippen LogP contribution is 2.33. The van der Waals surface area contributed by atoms with E-state index in [1.165, 1.54) is 12.8 Å². The number of rotatable bonds is 10. The lowest BCUT2D eigenvalue weighted by Crippen LogP contribution is -2.23. The Kier molecular flexibility index (Phi) is 9.30. The SMILES string of the molecule is CCN=c1ncn(Cc2ccc(OC)c(OC3CCCC3)c2)c2nc(C(C)(C)OCc3ccccc3)[nH]c12.Cl. The fourth-order valence-corrected chi connectivity index (χ4v) is 4.84. The van der Waals surface area contributed by atoms with E-state index in [1.54, 1.807) is 13.4 Å². The second-order valence-electron chi connectivity index (χ2n) is 10.2. The van der Waals surface area contributed by atoms with Crippen LogP contribution >= 0.6 is 12.4 Å². The van der Waals surface area contributed by atoms with Gasteiger partial charge in [-0.25, -0.2) is 9.97 Å². The molecule has 0 spiro atoms. The van der Waals surface area contributed by atoms with Crippen LogP contribution in [0.25, 0.3) is 11.2 Å². The van der Waals surface area contributed by atoms with E-state index in [-0.39, 0.29) is 18.5 Å². The molecule has 0 radical (unpaired) electrons. The van der Waals surface area contributed by atoms with Gasteiger partial charge in [-0.05, 0) is 69.7 Å². The van der Waals surface area contributed by atoms with Crippen LogP contribution in [0.4, 0.5) is 0 Å². The lowest BCUT2D eigenvalue weighted by Gasteiger charge is -2.23. The third-order valence-electron chi connectivity index (χ3n) is 7.00. The van der Waals surface area contributed by atoms with E-state index in [0.717, 1.165) is 52.5 Å². The average Bonchev–Trinajstić information content (AvgIpc) is 3.61. The maximum absolute atomic E-state index is 6.32. The summed E-state index contributed by atoms with van der Waals surface area (Å²) in [7, 11) is 1.68. The monoisotopic (exact) mass is 551 g/mol. The Labute approximate surface area is 235 Å². The fourth-order valence-electron chi connectivity index (χ4n) is 4.84. The van der Waals surface area contributed by atoms with Crippen LogP contribution < -0.4 is 15.0 Å². The predicted octanol–water partition coefficient (Wildman–Crippen LogP) is 5.93. The minimum absolute atomic E-state index is 0. The minimum Gasteiger partial charge on any atom is -0.493 e. The first-order chi connectivity index (χ1) is 18.5. The maximum Gasteiger partial charge on any atom is 0.176 e. The van der Waals surface area contributed by atoms with Gasteiger partial charge in [0.15, 0.2) is 22.6 Å². The van der Waals surface area contributed by atoms with Crippen molar-refractivity contribution >= 4 is 23.6 Å². The van der Waals surface area contributed by atoms with Crippen LogP contribution in [-0.4, -0.2) is 39.3 Å². The highest BCUT2D eigenvalue weighted by Gasteiger charge is 2.27. The quantitative estimate of drug-likeness (QED) is 0.264. The largest absolute Gasteiger partial charge is 0.493 e. The Hall–Kier alpha value is -3.36. The lowest BCUT2D eigenvalue weighted by molar-refractivity contribution is -0.0393. The molecule has 1 aliphatic carbocycles. The molecule has 1 aliphatic rings. The van der Waals surface area contributed by atoms with E-state index in [4.69, 9.17) is 19.2 Å². The number of benzene rings is 2. The van der Waals surface area contributed by atoms with Gasteiger partial charge in [0.25, 0.3) is 0 Å². The molecule has 2 aromatic carbocycles. The molecular weight excluding hydrogens is 514 g/mol. The Morgan fingerprint density at radius 2 is 1.82 bits per heavy atom. The van der Waals surface area contributed by atoms with Gasteiger partial charge in [-0.3, -0.25) is 4.99 Å². The van der Waals surface area contributed by atoms with Crippen molar-refractivity contribution in [1.82, 2.24) is 19.5 Å². The molecule has 208 valence electrons. The van der Waals surface area contributed by atoms with Crippen molar-refractivity contribution in [1.29, 1.82) is 0 Å². The Morgan fingerprint density at radius 3 is 2.54 bits per heavy atom. The number of H-pyrrole nitrogens is 1. The fraction of sp³-hybridized carbons (Fsp3) is 0.433. The molecule has 0 saturated heterocycles. The number of aromatic nitrogens is 4. The van der Waals surface area contributed by atoms with Crippen molar-refractivity contribution in [3.05, 3.63) is 77.3 Å². The van der Waals surface area contributed by atoms with Crippen LogP contribution in [0, 0.1) is 0 Å². The van der Waals surface area contributed by atoms with Crippen LogP contribution in [0.5, 0.6) is 11.5 Å².